The lowest BCUT2D eigenvalue weighted by Gasteiger charge is -2.42. The lowest BCUT2D eigenvalue weighted by atomic mass is 9.79. The van der Waals surface area contributed by atoms with E-state index < -0.39 is 5.67 Å². The number of nitrogens with zero attached hydrogens (tertiary/aromatic N) is 1. The van der Waals surface area contributed by atoms with E-state index in [9.17, 15) is 4.79 Å². The summed E-state index contributed by atoms with van der Waals surface area (Å²) >= 11 is 0. The van der Waals surface area contributed by atoms with Gasteiger partial charge in [0.2, 0.25) is 0 Å². The SMILES string of the molecule is COC(=O)c1ccc(C2CCN(OC(C)(C)C)CC2(C)F)cc1. The number of carbonyl (C=O) groups excluding carboxylic acids is 1. The van der Waals surface area contributed by atoms with Crippen molar-refractivity contribution in [2.75, 3.05) is 20.2 Å². The largest absolute Gasteiger partial charge is 0.465 e. The molecule has 1 fully saturated rings. The molecule has 1 aromatic carbocycles. The van der Waals surface area contributed by atoms with Gasteiger partial charge < -0.3 is 4.74 Å². The Hall–Kier alpha value is -1.46. The monoisotopic (exact) mass is 323 g/mol. The average molecular weight is 323 g/mol. The van der Waals surface area contributed by atoms with Crippen molar-refractivity contribution in [1.82, 2.24) is 5.06 Å². The van der Waals surface area contributed by atoms with Crippen molar-refractivity contribution in [2.24, 2.45) is 0 Å². The molecule has 0 radical (unpaired) electrons. The maximum Gasteiger partial charge on any atom is 0.337 e. The van der Waals surface area contributed by atoms with Crippen LogP contribution < -0.4 is 0 Å². The van der Waals surface area contributed by atoms with Gasteiger partial charge in [-0.1, -0.05) is 12.1 Å². The molecule has 23 heavy (non-hydrogen) atoms. The zero-order valence-electron chi connectivity index (χ0n) is 14.6. The van der Waals surface area contributed by atoms with Crippen LogP contribution in [-0.2, 0) is 9.57 Å². The molecule has 1 aromatic rings. The van der Waals surface area contributed by atoms with Crippen LogP contribution in [0.1, 0.15) is 56.0 Å². The third-order valence-corrected chi connectivity index (χ3v) is 4.02. The second-order valence-electron chi connectivity index (χ2n) is 7.30. The maximum absolute atomic E-state index is 15.2. The molecule has 1 aliphatic rings. The fourth-order valence-corrected chi connectivity index (χ4v) is 3.06. The Morgan fingerprint density at radius 1 is 1.30 bits per heavy atom. The van der Waals surface area contributed by atoms with Gasteiger partial charge in [-0.15, -0.1) is 0 Å². The lowest BCUT2D eigenvalue weighted by Crippen LogP contribution is -2.50. The van der Waals surface area contributed by atoms with Crippen LogP contribution in [0, 0.1) is 0 Å². The topological polar surface area (TPSA) is 38.8 Å². The number of carbonyl (C=O) groups is 1. The zero-order chi connectivity index (χ0) is 17.3. The van der Waals surface area contributed by atoms with Crippen LogP contribution in [0.15, 0.2) is 24.3 Å². The number of esters is 1. The van der Waals surface area contributed by atoms with Gasteiger partial charge in [0.1, 0.15) is 5.67 Å². The van der Waals surface area contributed by atoms with Crippen molar-refractivity contribution in [3.8, 4) is 0 Å². The number of hydrogen-bond donors (Lipinski definition) is 0. The van der Waals surface area contributed by atoms with Crippen LogP contribution in [0.25, 0.3) is 0 Å². The minimum Gasteiger partial charge on any atom is -0.465 e. The van der Waals surface area contributed by atoms with Gasteiger partial charge in [0, 0.05) is 12.5 Å². The Labute approximate surface area is 137 Å². The number of ether oxygens (including phenoxy) is 1. The van der Waals surface area contributed by atoms with Gasteiger partial charge in [-0.3, -0.25) is 4.84 Å². The Morgan fingerprint density at radius 3 is 2.39 bits per heavy atom. The van der Waals surface area contributed by atoms with Crippen molar-refractivity contribution < 1.29 is 18.8 Å². The van der Waals surface area contributed by atoms with Crippen LogP contribution in [0.3, 0.4) is 0 Å². The number of benzene rings is 1. The first-order valence-corrected chi connectivity index (χ1v) is 7.94. The number of rotatable bonds is 3. The summed E-state index contributed by atoms with van der Waals surface area (Å²) in [6, 6.07) is 7.01. The summed E-state index contributed by atoms with van der Waals surface area (Å²) in [6.45, 7) is 8.40. The first-order valence-electron chi connectivity index (χ1n) is 7.94. The third-order valence-electron chi connectivity index (χ3n) is 4.02. The lowest BCUT2D eigenvalue weighted by molar-refractivity contribution is -0.254. The number of hydrogen-bond acceptors (Lipinski definition) is 4. The smallest absolute Gasteiger partial charge is 0.337 e. The quantitative estimate of drug-likeness (QED) is 0.795. The highest BCUT2D eigenvalue weighted by atomic mass is 19.1. The van der Waals surface area contributed by atoms with Crippen LogP contribution >= 0.6 is 0 Å². The summed E-state index contributed by atoms with van der Waals surface area (Å²) < 4.78 is 19.8. The number of halogens is 1. The molecule has 0 N–H and O–H groups in total. The molecule has 1 heterocycles. The van der Waals surface area contributed by atoms with E-state index in [4.69, 9.17) is 4.84 Å². The molecule has 5 heteroatoms. The molecule has 1 aliphatic heterocycles. The maximum atomic E-state index is 15.2. The van der Waals surface area contributed by atoms with Crippen LogP contribution in [0.5, 0.6) is 0 Å². The van der Waals surface area contributed by atoms with Gasteiger partial charge in [-0.2, -0.15) is 5.06 Å². The van der Waals surface area contributed by atoms with Crippen molar-refractivity contribution in [3.05, 3.63) is 35.4 Å². The van der Waals surface area contributed by atoms with E-state index in [0.717, 1.165) is 5.56 Å². The standard InChI is InChI=1S/C18H26FNO3/c1-17(2,3)23-20-11-10-15(18(4,19)12-20)13-6-8-14(9-7-13)16(21)22-5/h6-9,15H,10-12H2,1-5H3. The van der Waals surface area contributed by atoms with E-state index >= 15 is 4.39 Å². The minimum atomic E-state index is -1.39. The van der Waals surface area contributed by atoms with Gasteiger partial charge in [-0.05, 0) is 51.8 Å². The first kappa shape index (κ1) is 17.9. The molecular formula is C18H26FNO3. The van der Waals surface area contributed by atoms with E-state index in [2.05, 4.69) is 4.74 Å². The number of piperidine rings is 1. The van der Waals surface area contributed by atoms with E-state index in [0.29, 0.717) is 18.5 Å². The highest BCUT2D eigenvalue weighted by Gasteiger charge is 2.42. The summed E-state index contributed by atoms with van der Waals surface area (Å²) in [6.07, 6.45) is 0.667. The molecule has 128 valence electrons. The predicted molar refractivity (Wildman–Crippen MR) is 87.1 cm³/mol. The first-order chi connectivity index (χ1) is 10.6. The molecule has 0 saturated carbocycles. The van der Waals surface area contributed by atoms with Gasteiger partial charge in [0.15, 0.2) is 0 Å². The summed E-state index contributed by atoms with van der Waals surface area (Å²) in [5, 5.41) is 1.72. The van der Waals surface area contributed by atoms with Crippen molar-refractivity contribution in [3.63, 3.8) is 0 Å². The number of alkyl halides is 1. The Bertz CT molecular complexity index is 548. The van der Waals surface area contributed by atoms with Crippen LogP contribution in [-0.4, -0.2) is 42.5 Å². The number of methoxy groups -OCH3 is 1. The zero-order valence-corrected chi connectivity index (χ0v) is 14.6. The van der Waals surface area contributed by atoms with Crippen LogP contribution in [0.2, 0.25) is 0 Å². The molecule has 0 spiro atoms. The molecule has 2 rings (SSSR count). The molecule has 0 aromatic heterocycles. The summed E-state index contributed by atoms with van der Waals surface area (Å²) in [7, 11) is 1.35. The normalized spacial score (nSPS) is 26.1. The van der Waals surface area contributed by atoms with Gasteiger partial charge in [0.25, 0.3) is 0 Å². The van der Waals surface area contributed by atoms with E-state index in [1.54, 1.807) is 24.1 Å². The molecule has 2 unspecified atom stereocenters. The Morgan fingerprint density at radius 2 is 1.91 bits per heavy atom. The van der Waals surface area contributed by atoms with E-state index in [1.165, 1.54) is 7.11 Å². The average Bonchev–Trinajstić information content (AvgIpc) is 2.44. The second-order valence-corrected chi connectivity index (χ2v) is 7.30. The van der Waals surface area contributed by atoms with Crippen molar-refractivity contribution in [1.29, 1.82) is 0 Å². The highest BCUT2D eigenvalue weighted by Crippen LogP contribution is 2.39. The second kappa shape index (κ2) is 6.57. The number of hydroxylamine groups is 2. The fourth-order valence-electron chi connectivity index (χ4n) is 3.06. The molecule has 0 amide bonds. The van der Waals surface area contributed by atoms with Gasteiger partial charge in [-0.25, -0.2) is 9.18 Å². The molecule has 4 nitrogen and oxygen atoms in total. The predicted octanol–water partition coefficient (Wildman–Crippen LogP) is 3.72. The third kappa shape index (κ3) is 4.52. The summed E-state index contributed by atoms with van der Waals surface area (Å²) in [4.78, 5) is 17.3. The van der Waals surface area contributed by atoms with E-state index in [1.807, 2.05) is 32.9 Å². The molecular weight excluding hydrogens is 297 g/mol. The van der Waals surface area contributed by atoms with Crippen molar-refractivity contribution >= 4 is 5.97 Å². The molecule has 1 saturated heterocycles. The Kier molecular flexibility index (Phi) is 5.11. The molecule has 2 atom stereocenters. The van der Waals surface area contributed by atoms with Crippen molar-refractivity contribution in [2.45, 2.75) is 51.3 Å². The van der Waals surface area contributed by atoms with Crippen LogP contribution in [0.4, 0.5) is 4.39 Å². The van der Waals surface area contributed by atoms with Gasteiger partial charge >= 0.3 is 5.97 Å². The van der Waals surface area contributed by atoms with E-state index in [-0.39, 0.29) is 24.0 Å². The fraction of sp³-hybridized carbons (Fsp3) is 0.611. The highest BCUT2D eigenvalue weighted by molar-refractivity contribution is 5.89. The summed E-state index contributed by atoms with van der Waals surface area (Å²) in [5.41, 5.74) is -0.343. The Balaban J connectivity index is 2.11. The molecule has 0 aliphatic carbocycles. The van der Waals surface area contributed by atoms with Gasteiger partial charge in [0.05, 0.1) is 24.8 Å². The molecule has 0 bridgehead atoms. The summed E-state index contributed by atoms with van der Waals surface area (Å²) in [5.74, 6) is -0.595. The minimum absolute atomic E-state index is 0.214.